The molecule has 0 aliphatic carbocycles. The van der Waals surface area contributed by atoms with E-state index >= 15 is 0 Å². The monoisotopic (exact) mass is 419 g/mol. The van der Waals surface area contributed by atoms with Gasteiger partial charge in [-0.3, -0.25) is 9.59 Å². The van der Waals surface area contributed by atoms with Crippen LogP contribution in [-0.4, -0.2) is 60.9 Å². The highest BCUT2D eigenvalue weighted by atomic mass is 35.5. The van der Waals surface area contributed by atoms with E-state index in [9.17, 15) is 18.4 Å². The average molecular weight is 420 g/mol. The number of ether oxygens (including phenoxy) is 1. The van der Waals surface area contributed by atoms with Gasteiger partial charge in [0.15, 0.2) is 0 Å². The molecular formula is C19H28ClF2N3O3. The van der Waals surface area contributed by atoms with Crippen molar-refractivity contribution < 1.29 is 23.1 Å². The molecular weight excluding hydrogens is 392 g/mol. The lowest BCUT2D eigenvalue weighted by molar-refractivity contribution is -0.143. The van der Waals surface area contributed by atoms with E-state index < -0.39 is 12.0 Å². The van der Waals surface area contributed by atoms with E-state index in [0.717, 1.165) is 0 Å². The van der Waals surface area contributed by atoms with Crippen molar-refractivity contribution in [1.82, 2.24) is 9.80 Å². The molecule has 1 aliphatic heterocycles. The van der Waals surface area contributed by atoms with Gasteiger partial charge in [-0.25, -0.2) is 0 Å². The zero-order valence-electron chi connectivity index (χ0n) is 16.2. The van der Waals surface area contributed by atoms with E-state index in [1.165, 1.54) is 18.2 Å². The maximum atomic E-state index is 12.9. The number of amides is 2. The molecule has 0 aromatic heterocycles. The Morgan fingerprint density at radius 1 is 1.11 bits per heavy atom. The molecule has 0 bridgehead atoms. The smallest absolute Gasteiger partial charge is 0.387 e. The van der Waals surface area contributed by atoms with Crippen molar-refractivity contribution in [2.45, 2.75) is 33.3 Å². The van der Waals surface area contributed by atoms with Crippen molar-refractivity contribution in [3.8, 4) is 5.75 Å². The molecule has 6 nitrogen and oxygen atoms in total. The minimum Gasteiger partial charge on any atom is -0.434 e. The minimum atomic E-state index is -3.00. The molecule has 9 heteroatoms. The molecule has 0 spiro atoms. The van der Waals surface area contributed by atoms with Crippen LogP contribution in [-0.2, 0) is 4.79 Å². The summed E-state index contributed by atoms with van der Waals surface area (Å²) in [5, 5.41) is 0. The predicted molar refractivity (Wildman–Crippen MR) is 105 cm³/mol. The predicted octanol–water partition coefficient (Wildman–Crippen LogP) is 2.76. The Labute approximate surface area is 170 Å². The molecule has 1 fully saturated rings. The fourth-order valence-corrected chi connectivity index (χ4v) is 3.39. The molecule has 0 radical (unpaired) electrons. The molecule has 1 aromatic rings. The third kappa shape index (κ3) is 5.11. The van der Waals surface area contributed by atoms with Crippen LogP contribution >= 0.6 is 12.4 Å². The lowest BCUT2D eigenvalue weighted by Crippen LogP contribution is -2.55. The summed E-state index contributed by atoms with van der Waals surface area (Å²) in [6.45, 7) is 2.65. The summed E-state index contributed by atoms with van der Waals surface area (Å²) < 4.78 is 29.6. The number of nitrogens with two attached hydrogens (primary N) is 1. The Morgan fingerprint density at radius 2 is 1.64 bits per heavy atom. The molecule has 1 aromatic carbocycles. The van der Waals surface area contributed by atoms with Crippen LogP contribution in [0.1, 0.15) is 37.0 Å². The number of piperazine rings is 1. The second kappa shape index (κ2) is 10.6. The van der Waals surface area contributed by atoms with Gasteiger partial charge in [0.05, 0.1) is 11.0 Å². The summed E-state index contributed by atoms with van der Waals surface area (Å²) >= 11 is 0. The van der Waals surface area contributed by atoms with Crippen LogP contribution in [0.4, 0.5) is 8.78 Å². The molecule has 28 heavy (non-hydrogen) atoms. The van der Waals surface area contributed by atoms with Gasteiger partial charge in [0, 0.05) is 32.7 Å². The van der Waals surface area contributed by atoms with E-state index in [-0.39, 0.29) is 42.1 Å². The number of carbonyl (C=O) groups is 2. The SMILES string of the molecule is CCC(CC)(CN)C(=O)N1CCN(C(=O)c2ccccc2OC(F)F)CC1.Cl. The molecule has 1 aliphatic rings. The van der Waals surface area contributed by atoms with Gasteiger partial charge in [0.25, 0.3) is 5.91 Å². The maximum Gasteiger partial charge on any atom is 0.387 e. The lowest BCUT2D eigenvalue weighted by atomic mass is 9.81. The van der Waals surface area contributed by atoms with Gasteiger partial charge in [0.2, 0.25) is 5.91 Å². The Hall–Kier alpha value is -1.93. The molecule has 2 rings (SSSR count). The van der Waals surface area contributed by atoms with Crippen molar-refractivity contribution in [2.24, 2.45) is 11.1 Å². The molecule has 1 saturated heterocycles. The van der Waals surface area contributed by atoms with Crippen molar-refractivity contribution in [3.63, 3.8) is 0 Å². The van der Waals surface area contributed by atoms with E-state index in [1.807, 2.05) is 13.8 Å². The van der Waals surface area contributed by atoms with E-state index in [4.69, 9.17) is 5.73 Å². The normalized spacial score (nSPS) is 14.6. The van der Waals surface area contributed by atoms with Crippen LogP contribution in [0, 0.1) is 5.41 Å². The second-order valence-electron chi connectivity index (χ2n) is 6.65. The van der Waals surface area contributed by atoms with E-state index in [0.29, 0.717) is 39.0 Å². The largest absolute Gasteiger partial charge is 0.434 e. The zero-order valence-corrected chi connectivity index (χ0v) is 17.0. The van der Waals surface area contributed by atoms with Gasteiger partial charge in [-0.2, -0.15) is 8.78 Å². The molecule has 1 heterocycles. The molecule has 158 valence electrons. The summed E-state index contributed by atoms with van der Waals surface area (Å²) in [4.78, 5) is 28.9. The standard InChI is InChI=1S/C19H27F2N3O3.ClH/c1-3-19(4-2,13-22)17(26)24-11-9-23(10-12-24)16(25)14-7-5-6-8-15(14)27-18(20)21;/h5-8,18H,3-4,9-13,22H2,1-2H3;1H. The first kappa shape index (κ1) is 24.1. The zero-order chi connectivity index (χ0) is 20.0. The highest BCUT2D eigenvalue weighted by Crippen LogP contribution is 2.29. The van der Waals surface area contributed by atoms with Gasteiger partial charge in [0.1, 0.15) is 5.75 Å². The number of rotatable bonds is 7. The molecule has 0 saturated carbocycles. The molecule has 0 unspecified atom stereocenters. The van der Waals surface area contributed by atoms with Gasteiger partial charge < -0.3 is 20.3 Å². The fraction of sp³-hybridized carbons (Fsp3) is 0.579. The van der Waals surface area contributed by atoms with Gasteiger partial charge in [-0.05, 0) is 25.0 Å². The number of para-hydroxylation sites is 1. The van der Waals surface area contributed by atoms with Crippen LogP contribution < -0.4 is 10.5 Å². The highest BCUT2D eigenvalue weighted by molar-refractivity contribution is 5.97. The molecule has 2 N–H and O–H groups in total. The quantitative estimate of drug-likeness (QED) is 0.737. The Balaban J connectivity index is 0.00000392. The number of hydrogen-bond acceptors (Lipinski definition) is 4. The summed E-state index contributed by atoms with van der Waals surface area (Å²) in [6.07, 6.45) is 1.33. The summed E-state index contributed by atoms with van der Waals surface area (Å²) in [5.41, 5.74) is 5.38. The third-order valence-electron chi connectivity index (χ3n) is 5.39. The van der Waals surface area contributed by atoms with Crippen LogP contribution in [0.2, 0.25) is 0 Å². The Kier molecular flexibility index (Phi) is 9.10. The van der Waals surface area contributed by atoms with Crippen molar-refractivity contribution in [3.05, 3.63) is 29.8 Å². The topological polar surface area (TPSA) is 75.9 Å². The third-order valence-corrected chi connectivity index (χ3v) is 5.39. The Bertz CT molecular complexity index is 655. The Morgan fingerprint density at radius 3 is 2.14 bits per heavy atom. The number of benzene rings is 1. The molecule has 0 atom stereocenters. The second-order valence-corrected chi connectivity index (χ2v) is 6.65. The van der Waals surface area contributed by atoms with Crippen LogP contribution in [0.5, 0.6) is 5.75 Å². The number of nitrogens with zero attached hydrogens (tertiary/aromatic N) is 2. The first-order valence-corrected chi connectivity index (χ1v) is 9.21. The van der Waals surface area contributed by atoms with Crippen LogP contribution in [0.15, 0.2) is 24.3 Å². The van der Waals surface area contributed by atoms with Crippen LogP contribution in [0.3, 0.4) is 0 Å². The van der Waals surface area contributed by atoms with Gasteiger partial charge in [-0.15, -0.1) is 12.4 Å². The number of carbonyl (C=O) groups excluding carboxylic acids is 2. The summed E-state index contributed by atoms with van der Waals surface area (Å²) in [5.74, 6) is -0.506. The van der Waals surface area contributed by atoms with Crippen molar-refractivity contribution in [1.29, 1.82) is 0 Å². The number of halogens is 3. The first-order valence-electron chi connectivity index (χ1n) is 9.21. The van der Waals surface area contributed by atoms with Crippen molar-refractivity contribution in [2.75, 3.05) is 32.7 Å². The van der Waals surface area contributed by atoms with E-state index in [2.05, 4.69) is 4.74 Å². The fourth-order valence-electron chi connectivity index (χ4n) is 3.39. The van der Waals surface area contributed by atoms with Crippen molar-refractivity contribution >= 4 is 24.2 Å². The summed E-state index contributed by atoms with van der Waals surface area (Å²) in [6, 6.07) is 5.94. The van der Waals surface area contributed by atoms with Gasteiger partial charge >= 0.3 is 6.61 Å². The summed E-state index contributed by atoms with van der Waals surface area (Å²) in [7, 11) is 0. The number of alkyl halides is 2. The number of hydrogen-bond donors (Lipinski definition) is 1. The minimum absolute atomic E-state index is 0. The van der Waals surface area contributed by atoms with Gasteiger partial charge in [-0.1, -0.05) is 26.0 Å². The highest BCUT2D eigenvalue weighted by Gasteiger charge is 2.38. The average Bonchev–Trinajstić information content (AvgIpc) is 2.69. The lowest BCUT2D eigenvalue weighted by Gasteiger charge is -2.40. The molecule has 2 amide bonds. The van der Waals surface area contributed by atoms with Crippen LogP contribution in [0.25, 0.3) is 0 Å². The maximum absolute atomic E-state index is 12.9. The first-order chi connectivity index (χ1) is 12.9. The van der Waals surface area contributed by atoms with E-state index in [1.54, 1.807) is 15.9 Å².